The first kappa shape index (κ1) is 38.6. The van der Waals surface area contributed by atoms with Crippen molar-refractivity contribution in [1.29, 1.82) is 0 Å². The van der Waals surface area contributed by atoms with Crippen molar-refractivity contribution in [2.24, 2.45) is 0 Å². The molecular weight excluding hydrogens is 640 g/mol. The summed E-state index contributed by atoms with van der Waals surface area (Å²) in [4.78, 5) is 0. The smallest absolute Gasteiger partial charge is 0.166 e. The largest absolute Gasteiger partial charge is 0.416 e. The second-order valence-corrected chi connectivity index (χ2v) is 18.5. The summed E-state index contributed by atoms with van der Waals surface area (Å²) in [6.07, 6.45) is 7.06. The van der Waals surface area contributed by atoms with Crippen LogP contribution < -0.4 is 10.6 Å². The minimum Gasteiger partial charge on any atom is -0.166 e. The maximum Gasteiger partial charge on any atom is 0.416 e. The molecule has 1 atom stereocenters. The Morgan fingerprint density at radius 2 is 0.884 bits per heavy atom. The molecule has 0 saturated heterocycles. The molecule has 2 aromatic rings. The third-order valence-corrected chi connectivity index (χ3v) is 13.3. The average molecular weight is 678 g/mol. The van der Waals surface area contributed by atoms with Gasteiger partial charge < -0.3 is 0 Å². The fraction of sp³-hybridized carbons (Fsp3) is 0.353. The summed E-state index contributed by atoms with van der Waals surface area (Å²) < 4.78 is 79.5. The first-order valence-electron chi connectivity index (χ1n) is 13.7. The minimum absolute atomic E-state index is 0. The van der Waals surface area contributed by atoms with E-state index in [0.717, 1.165) is 35.8 Å². The molecule has 9 heteroatoms. The molecule has 0 spiro atoms. The van der Waals surface area contributed by atoms with Crippen molar-refractivity contribution in [1.82, 2.24) is 0 Å². The van der Waals surface area contributed by atoms with Crippen LogP contribution in [-0.4, -0.2) is 16.0 Å². The first-order chi connectivity index (χ1) is 19.3. The van der Waals surface area contributed by atoms with E-state index in [9.17, 15) is 26.3 Å². The predicted molar refractivity (Wildman–Crippen MR) is 166 cm³/mol. The monoisotopic (exact) mass is 678 g/mol. The van der Waals surface area contributed by atoms with E-state index in [2.05, 4.69) is 54.9 Å². The molecule has 0 aromatic heterocycles. The summed E-state index contributed by atoms with van der Waals surface area (Å²) in [6.45, 7) is 15.6. The van der Waals surface area contributed by atoms with E-state index in [0.29, 0.717) is 10.6 Å². The van der Waals surface area contributed by atoms with Gasteiger partial charge in [0.2, 0.25) is 0 Å². The molecule has 2 aliphatic carbocycles. The molecule has 2 aromatic carbocycles. The second kappa shape index (κ2) is 15.3. The van der Waals surface area contributed by atoms with Crippen LogP contribution in [0.5, 0.6) is 0 Å². The van der Waals surface area contributed by atoms with Gasteiger partial charge in [-0.3, -0.25) is 0 Å². The van der Waals surface area contributed by atoms with Crippen molar-refractivity contribution in [2.75, 3.05) is 0 Å². The first-order valence-corrected chi connectivity index (χ1v) is 16.4. The van der Waals surface area contributed by atoms with Crippen LogP contribution in [0, 0.1) is 62.9 Å². The van der Waals surface area contributed by atoms with Crippen molar-refractivity contribution in [3.05, 3.63) is 123 Å². The molecule has 2 saturated carbocycles. The predicted octanol–water partition coefficient (Wildman–Crippen LogP) is 10.4. The molecule has 0 nitrogen and oxygen atoms in total. The average Bonchev–Trinajstić information content (AvgIpc) is 3.58. The van der Waals surface area contributed by atoms with Gasteiger partial charge in [-0.25, -0.2) is 0 Å². The fourth-order valence-electron chi connectivity index (χ4n) is 5.64. The maximum atomic E-state index is 13.3. The zero-order valence-electron chi connectivity index (χ0n) is 25.3. The Morgan fingerprint density at radius 1 is 0.535 bits per heavy atom. The molecule has 0 aliphatic heterocycles. The molecule has 4 rings (SSSR count). The van der Waals surface area contributed by atoms with Gasteiger partial charge in [0, 0.05) is 22.7 Å². The van der Waals surface area contributed by atoms with Crippen molar-refractivity contribution < 1.29 is 43.4 Å². The molecule has 0 unspecified atom stereocenters. The fourth-order valence-corrected chi connectivity index (χ4v) is 13.1. The molecule has 10 radical (unpaired) electrons. The molecule has 0 heterocycles. The van der Waals surface area contributed by atoms with Crippen molar-refractivity contribution in [2.45, 2.75) is 76.8 Å². The summed E-state index contributed by atoms with van der Waals surface area (Å²) in [7, 11) is -1.94. The van der Waals surface area contributed by atoms with Crippen LogP contribution in [0.2, 0.25) is 0 Å². The van der Waals surface area contributed by atoms with Crippen molar-refractivity contribution in [3.8, 4) is 0 Å². The van der Waals surface area contributed by atoms with E-state index >= 15 is 0 Å². The maximum absolute atomic E-state index is 13.3. The van der Waals surface area contributed by atoms with Crippen LogP contribution in [0.3, 0.4) is 0 Å². The topological polar surface area (TPSA) is 0 Å². The Balaban J connectivity index is 0.000000973. The number of rotatable bonds is 5. The molecule has 2 aliphatic rings. The van der Waals surface area contributed by atoms with Crippen LogP contribution in [0.1, 0.15) is 59.6 Å². The van der Waals surface area contributed by atoms with Gasteiger partial charge in [0.15, 0.2) is 0 Å². The third-order valence-electron chi connectivity index (χ3n) is 6.81. The van der Waals surface area contributed by atoms with Gasteiger partial charge in [0.1, 0.15) is 0 Å². The van der Waals surface area contributed by atoms with E-state index in [1.165, 1.54) is 24.3 Å². The van der Waals surface area contributed by atoms with Gasteiger partial charge in [-0.15, -0.1) is 0 Å². The summed E-state index contributed by atoms with van der Waals surface area (Å²) in [6, 6.07) is 10.1. The van der Waals surface area contributed by atoms with E-state index in [1.807, 2.05) is 44.9 Å². The Bertz CT molecular complexity index is 1030. The number of halogens is 6. The Morgan fingerprint density at radius 3 is 1.19 bits per heavy atom. The van der Waals surface area contributed by atoms with Gasteiger partial charge in [-0.1, -0.05) is 80.7 Å². The Kier molecular flexibility index (Phi) is 13.8. The van der Waals surface area contributed by atoms with Crippen LogP contribution in [0.4, 0.5) is 26.3 Å². The summed E-state index contributed by atoms with van der Waals surface area (Å²) in [5.41, 5.74) is -0.352. The minimum atomic E-state index is -4.47. The van der Waals surface area contributed by atoms with Crippen LogP contribution in [0.25, 0.3) is 0 Å². The Hall–Kier alpha value is -0.601. The van der Waals surface area contributed by atoms with Crippen molar-refractivity contribution in [3.63, 3.8) is 0 Å². The quantitative estimate of drug-likeness (QED) is 0.168. The summed E-state index contributed by atoms with van der Waals surface area (Å²) in [5.74, 6) is 1.11. The van der Waals surface area contributed by atoms with Crippen LogP contribution in [-0.2, 0) is 29.4 Å². The zero-order valence-corrected chi connectivity index (χ0v) is 28.2. The van der Waals surface area contributed by atoms with Gasteiger partial charge >= 0.3 is 12.4 Å². The number of hydrogen-bond donors (Lipinski definition) is 0. The number of benzene rings is 2. The molecule has 0 amide bonds. The number of hydrogen-bond acceptors (Lipinski definition) is 0. The third kappa shape index (κ3) is 10.5. The molecular formula is C34H38F6FeP2. The summed E-state index contributed by atoms with van der Waals surface area (Å²) in [5, 5.41) is 1.40. The molecule has 2 fully saturated rings. The zero-order chi connectivity index (χ0) is 31.5. The van der Waals surface area contributed by atoms with Gasteiger partial charge in [-0.05, 0) is 116 Å². The summed E-state index contributed by atoms with van der Waals surface area (Å²) >= 11 is 0. The van der Waals surface area contributed by atoms with Gasteiger partial charge in [0.05, 0.1) is 11.1 Å². The van der Waals surface area contributed by atoms with Crippen molar-refractivity contribution >= 4 is 26.5 Å². The van der Waals surface area contributed by atoms with E-state index in [1.54, 1.807) is 0 Å². The number of alkyl halides is 6. The van der Waals surface area contributed by atoms with Crippen LogP contribution >= 0.6 is 15.8 Å². The second-order valence-electron chi connectivity index (χ2n) is 12.1. The standard InChI is InChI=1S/C29H33F6P2.C5H5.Fe/c1-19(37(26(2,3)4)27(5,6)7)24-9-8-10-25(24)36(22-15-11-20(12-16-22)28(30,31)32)23-17-13-21(14-18-23)29(33,34)35;1-2-4-5-3-1;/h8-19H,1-7H3;1-5H;/t19-;;/m1../s1. The van der Waals surface area contributed by atoms with E-state index in [4.69, 9.17) is 0 Å². The van der Waals surface area contributed by atoms with Gasteiger partial charge in [-0.2, -0.15) is 26.3 Å². The molecule has 0 bridgehead atoms. The molecule has 43 heavy (non-hydrogen) atoms. The van der Waals surface area contributed by atoms with E-state index < -0.39 is 39.3 Å². The molecule has 234 valence electrons. The van der Waals surface area contributed by atoms with E-state index in [-0.39, 0.29) is 33.0 Å². The molecule has 0 N–H and O–H groups in total. The normalized spacial score (nSPS) is 18.0. The van der Waals surface area contributed by atoms with Crippen LogP contribution in [0.15, 0.2) is 48.5 Å². The Labute approximate surface area is 268 Å². The van der Waals surface area contributed by atoms with Gasteiger partial charge in [0.25, 0.3) is 0 Å². The SMILES string of the molecule is C[C@H]([C]1[CH][CH][CH][C]1P(c1ccc(C(F)(F)F)cc1)c1ccc(C(F)(F)F)cc1)P(C(C)(C)C)C(C)(C)C.[CH]1[CH][CH][CH][CH]1.[Fe].